The Hall–Kier alpha value is -2.48. The number of amides is 1. The monoisotopic (exact) mass is 344 g/mol. The van der Waals surface area contributed by atoms with Gasteiger partial charge in [-0.05, 0) is 34.0 Å². The molecule has 1 aliphatic rings. The maximum absolute atomic E-state index is 13.1. The standard InChI is InChI=1S/C17H24N6O2/c1-12(2)25-16-9-18-6-5-13(16)17(24)22-10-14(21(3)4)15(11-22)23-8-7-19-20-23/h5-9,12,14-15H,10-11H2,1-4H3/t14-,15+/m1/s1. The first kappa shape index (κ1) is 17.3. The lowest BCUT2D eigenvalue weighted by molar-refractivity contribution is 0.0774. The predicted octanol–water partition coefficient (Wildman–Crippen LogP) is 1.09. The molecule has 25 heavy (non-hydrogen) atoms. The summed E-state index contributed by atoms with van der Waals surface area (Å²) in [7, 11) is 4.03. The lowest BCUT2D eigenvalue weighted by Crippen LogP contribution is -2.37. The lowest BCUT2D eigenvalue weighted by Gasteiger charge is -2.24. The normalized spacial score (nSPS) is 20.5. The number of hydrogen-bond donors (Lipinski definition) is 0. The van der Waals surface area contributed by atoms with E-state index in [1.165, 1.54) is 0 Å². The highest BCUT2D eigenvalue weighted by atomic mass is 16.5. The van der Waals surface area contributed by atoms with Crippen LogP contribution in [0, 0.1) is 0 Å². The van der Waals surface area contributed by atoms with Crippen molar-refractivity contribution in [2.24, 2.45) is 0 Å². The number of likely N-dealkylation sites (tertiary alicyclic amines) is 1. The van der Waals surface area contributed by atoms with Crippen molar-refractivity contribution in [1.82, 2.24) is 29.8 Å². The van der Waals surface area contributed by atoms with Gasteiger partial charge in [-0.2, -0.15) is 0 Å². The van der Waals surface area contributed by atoms with Gasteiger partial charge in [0.1, 0.15) is 0 Å². The van der Waals surface area contributed by atoms with Crippen molar-refractivity contribution in [1.29, 1.82) is 0 Å². The second kappa shape index (κ2) is 7.18. The Morgan fingerprint density at radius 2 is 2.12 bits per heavy atom. The molecule has 1 fully saturated rings. The molecule has 1 aliphatic heterocycles. The van der Waals surface area contributed by atoms with Crippen LogP contribution in [0.1, 0.15) is 30.2 Å². The fourth-order valence-electron chi connectivity index (χ4n) is 3.17. The first-order valence-corrected chi connectivity index (χ1v) is 8.39. The highest BCUT2D eigenvalue weighted by Crippen LogP contribution is 2.28. The highest BCUT2D eigenvalue weighted by Gasteiger charge is 2.39. The number of likely N-dealkylation sites (N-methyl/N-ethyl adjacent to an activating group) is 1. The molecule has 0 aliphatic carbocycles. The molecule has 0 aromatic carbocycles. The van der Waals surface area contributed by atoms with Gasteiger partial charge in [-0.25, -0.2) is 4.68 Å². The van der Waals surface area contributed by atoms with Crippen molar-refractivity contribution in [3.63, 3.8) is 0 Å². The average molecular weight is 344 g/mol. The van der Waals surface area contributed by atoms with Crippen LogP contribution in [0.3, 0.4) is 0 Å². The molecule has 0 N–H and O–H groups in total. The SMILES string of the molecule is CC(C)Oc1cnccc1C(=O)N1C[C@@H](N(C)C)[C@@H](n2ccnn2)C1. The Bertz CT molecular complexity index is 716. The van der Waals surface area contributed by atoms with Gasteiger partial charge in [-0.1, -0.05) is 5.21 Å². The van der Waals surface area contributed by atoms with Gasteiger partial charge in [0.2, 0.25) is 0 Å². The number of aromatic nitrogens is 4. The van der Waals surface area contributed by atoms with E-state index in [4.69, 9.17) is 4.74 Å². The number of pyridine rings is 1. The molecule has 8 heteroatoms. The number of hydrogen-bond acceptors (Lipinski definition) is 6. The van der Waals surface area contributed by atoms with Gasteiger partial charge in [0, 0.05) is 25.5 Å². The van der Waals surface area contributed by atoms with E-state index in [-0.39, 0.29) is 24.1 Å². The van der Waals surface area contributed by atoms with E-state index in [1.54, 1.807) is 24.7 Å². The molecule has 1 amide bonds. The fraction of sp³-hybridized carbons (Fsp3) is 0.529. The maximum atomic E-state index is 13.1. The molecule has 0 spiro atoms. The second-order valence-electron chi connectivity index (χ2n) is 6.73. The third-order valence-electron chi connectivity index (χ3n) is 4.37. The van der Waals surface area contributed by atoms with E-state index < -0.39 is 0 Å². The van der Waals surface area contributed by atoms with Crippen LogP contribution < -0.4 is 4.74 Å². The minimum atomic E-state index is -0.0486. The van der Waals surface area contributed by atoms with Crippen LogP contribution in [0.2, 0.25) is 0 Å². The molecule has 0 unspecified atom stereocenters. The Morgan fingerprint density at radius 3 is 2.76 bits per heavy atom. The summed E-state index contributed by atoms with van der Waals surface area (Å²) in [5.74, 6) is 0.473. The van der Waals surface area contributed by atoms with Gasteiger partial charge < -0.3 is 14.5 Å². The third kappa shape index (κ3) is 3.63. The van der Waals surface area contributed by atoms with Gasteiger partial charge in [-0.15, -0.1) is 5.10 Å². The van der Waals surface area contributed by atoms with Crippen molar-refractivity contribution in [3.05, 3.63) is 36.4 Å². The summed E-state index contributed by atoms with van der Waals surface area (Å²) in [5.41, 5.74) is 0.542. The summed E-state index contributed by atoms with van der Waals surface area (Å²) >= 11 is 0. The van der Waals surface area contributed by atoms with Crippen LogP contribution in [-0.4, -0.2) is 75.0 Å². The molecule has 0 saturated carbocycles. The molecule has 3 rings (SSSR count). The van der Waals surface area contributed by atoms with Crippen LogP contribution in [0.15, 0.2) is 30.9 Å². The van der Waals surface area contributed by atoms with Gasteiger partial charge in [-0.3, -0.25) is 9.78 Å². The summed E-state index contributed by atoms with van der Waals surface area (Å²) in [6.45, 7) is 5.06. The molecule has 2 aromatic heterocycles. The molecule has 0 bridgehead atoms. The number of nitrogens with zero attached hydrogens (tertiary/aromatic N) is 6. The zero-order chi connectivity index (χ0) is 18.0. The van der Waals surface area contributed by atoms with E-state index >= 15 is 0 Å². The molecule has 1 saturated heterocycles. The summed E-state index contributed by atoms with van der Waals surface area (Å²) in [6, 6.07) is 1.95. The Labute approximate surface area is 147 Å². The number of carbonyl (C=O) groups is 1. The smallest absolute Gasteiger partial charge is 0.257 e. The van der Waals surface area contributed by atoms with Crippen LogP contribution in [-0.2, 0) is 0 Å². The topological polar surface area (TPSA) is 76.4 Å². The minimum absolute atomic E-state index is 0.0215. The van der Waals surface area contributed by atoms with Crippen LogP contribution in [0.4, 0.5) is 0 Å². The molecule has 2 aromatic rings. The van der Waals surface area contributed by atoms with Crippen molar-refractivity contribution in [2.45, 2.75) is 32.0 Å². The van der Waals surface area contributed by atoms with E-state index in [2.05, 4.69) is 20.2 Å². The molecule has 134 valence electrons. The van der Waals surface area contributed by atoms with Crippen molar-refractivity contribution < 1.29 is 9.53 Å². The van der Waals surface area contributed by atoms with Gasteiger partial charge in [0.15, 0.2) is 5.75 Å². The zero-order valence-corrected chi connectivity index (χ0v) is 15.0. The van der Waals surface area contributed by atoms with Gasteiger partial charge >= 0.3 is 0 Å². The van der Waals surface area contributed by atoms with E-state index in [0.717, 1.165) is 0 Å². The van der Waals surface area contributed by atoms with Crippen LogP contribution >= 0.6 is 0 Å². The first-order valence-electron chi connectivity index (χ1n) is 8.39. The van der Waals surface area contributed by atoms with Crippen molar-refractivity contribution >= 4 is 5.91 Å². The maximum Gasteiger partial charge on any atom is 0.257 e. The summed E-state index contributed by atoms with van der Waals surface area (Å²) in [4.78, 5) is 21.1. The number of ether oxygens (including phenoxy) is 1. The average Bonchev–Trinajstić information content (AvgIpc) is 3.23. The van der Waals surface area contributed by atoms with Crippen molar-refractivity contribution in [2.75, 3.05) is 27.2 Å². The molecular weight excluding hydrogens is 320 g/mol. The quantitative estimate of drug-likeness (QED) is 0.808. The molecular formula is C17H24N6O2. The summed E-state index contributed by atoms with van der Waals surface area (Å²) in [6.07, 6.45) is 6.70. The Balaban J connectivity index is 1.84. The number of rotatable bonds is 5. The van der Waals surface area contributed by atoms with Crippen molar-refractivity contribution in [3.8, 4) is 5.75 Å². The summed E-state index contributed by atoms with van der Waals surface area (Å²) in [5, 5.41) is 8.02. The predicted molar refractivity (Wildman–Crippen MR) is 92.4 cm³/mol. The van der Waals surface area contributed by atoms with Crippen LogP contribution in [0.25, 0.3) is 0 Å². The minimum Gasteiger partial charge on any atom is -0.489 e. The summed E-state index contributed by atoms with van der Waals surface area (Å²) < 4.78 is 7.58. The van der Waals surface area contributed by atoms with E-state index in [0.29, 0.717) is 24.4 Å². The fourth-order valence-corrected chi connectivity index (χ4v) is 3.17. The third-order valence-corrected chi connectivity index (χ3v) is 4.37. The largest absolute Gasteiger partial charge is 0.489 e. The first-order chi connectivity index (χ1) is 12.0. The highest BCUT2D eigenvalue weighted by molar-refractivity contribution is 5.97. The Kier molecular flexibility index (Phi) is 4.98. The lowest BCUT2D eigenvalue weighted by atomic mass is 10.1. The van der Waals surface area contributed by atoms with E-state index in [9.17, 15) is 4.79 Å². The zero-order valence-electron chi connectivity index (χ0n) is 15.0. The molecule has 8 nitrogen and oxygen atoms in total. The van der Waals surface area contributed by atoms with E-state index in [1.807, 2.05) is 43.7 Å². The second-order valence-corrected chi connectivity index (χ2v) is 6.73. The molecule has 0 radical (unpaired) electrons. The molecule has 3 heterocycles. The molecule has 2 atom stereocenters. The van der Waals surface area contributed by atoms with Gasteiger partial charge in [0.05, 0.1) is 36.1 Å². The number of carbonyl (C=O) groups excluding carboxylic acids is 1. The van der Waals surface area contributed by atoms with Gasteiger partial charge in [0.25, 0.3) is 5.91 Å². The Morgan fingerprint density at radius 1 is 1.32 bits per heavy atom. The van der Waals surface area contributed by atoms with Crippen LogP contribution in [0.5, 0.6) is 5.75 Å².